The zero-order valence-corrected chi connectivity index (χ0v) is 14.4. The van der Waals surface area contributed by atoms with Crippen LogP contribution in [-0.2, 0) is 14.3 Å². The van der Waals surface area contributed by atoms with Crippen LogP contribution in [0.5, 0.6) is 0 Å². The molecule has 0 aliphatic carbocycles. The third kappa shape index (κ3) is 5.26. The zero-order chi connectivity index (χ0) is 17.5. The number of hydrogen-bond donors (Lipinski definition) is 1. The van der Waals surface area contributed by atoms with Gasteiger partial charge in [0.2, 0.25) is 0 Å². The number of furan rings is 1. The van der Waals surface area contributed by atoms with Gasteiger partial charge in [-0.2, -0.15) is 5.26 Å². The van der Waals surface area contributed by atoms with Crippen LogP contribution in [0.25, 0.3) is 6.08 Å². The fourth-order valence-corrected chi connectivity index (χ4v) is 2.15. The molecule has 0 spiro atoms. The quantitative estimate of drug-likeness (QED) is 0.599. The molecule has 1 N–H and O–H groups in total. The van der Waals surface area contributed by atoms with Gasteiger partial charge in [-0.3, -0.25) is 4.79 Å². The molecule has 1 aromatic carbocycles. The van der Waals surface area contributed by atoms with Gasteiger partial charge in [0.05, 0.1) is 11.3 Å². The minimum absolute atomic E-state index is 0.252. The van der Waals surface area contributed by atoms with Crippen LogP contribution in [0.2, 0.25) is 5.02 Å². The second-order valence-corrected chi connectivity index (χ2v) is 5.65. The number of nitriles is 1. The summed E-state index contributed by atoms with van der Waals surface area (Å²) in [5.41, 5.74) is 0.504. The molecule has 1 amide bonds. The van der Waals surface area contributed by atoms with Crippen molar-refractivity contribution in [1.29, 1.82) is 5.26 Å². The zero-order valence-electron chi connectivity index (χ0n) is 12.1. The Morgan fingerprint density at radius 3 is 2.83 bits per heavy atom. The number of hydrogen-bond acceptors (Lipinski definition) is 5. The van der Waals surface area contributed by atoms with Gasteiger partial charge in [0, 0.05) is 11.1 Å². The summed E-state index contributed by atoms with van der Waals surface area (Å²) in [6, 6.07) is 9.71. The van der Waals surface area contributed by atoms with Crippen molar-refractivity contribution in [3.05, 3.63) is 57.4 Å². The smallest absolute Gasteiger partial charge is 0.331 e. The average molecular weight is 410 g/mol. The highest BCUT2D eigenvalue weighted by molar-refractivity contribution is 9.10. The summed E-state index contributed by atoms with van der Waals surface area (Å²) in [4.78, 5) is 23.3. The molecule has 2 rings (SSSR count). The molecule has 0 unspecified atom stereocenters. The highest BCUT2D eigenvalue weighted by atomic mass is 79.9. The standard InChI is InChI=1S/C16H10BrClN2O4/c17-14-5-3-12(24-14)4-6-16(22)23-9-15(21)20-13-7-11(18)2-1-10(13)8-19/h1-7H,9H2,(H,20,21)/b6-4+. The van der Waals surface area contributed by atoms with Gasteiger partial charge < -0.3 is 14.5 Å². The minimum Gasteiger partial charge on any atom is -0.452 e. The number of esters is 1. The Kier molecular flexibility index (Phi) is 6.18. The van der Waals surface area contributed by atoms with E-state index in [9.17, 15) is 9.59 Å². The Hall–Kier alpha value is -2.56. The van der Waals surface area contributed by atoms with E-state index in [0.717, 1.165) is 6.08 Å². The van der Waals surface area contributed by atoms with Crippen LogP contribution in [0.15, 0.2) is 45.5 Å². The minimum atomic E-state index is -0.704. The lowest BCUT2D eigenvalue weighted by atomic mass is 10.2. The van der Waals surface area contributed by atoms with E-state index < -0.39 is 18.5 Å². The summed E-state index contributed by atoms with van der Waals surface area (Å²) in [5.74, 6) is -0.832. The van der Waals surface area contributed by atoms with Crippen molar-refractivity contribution in [3.8, 4) is 6.07 Å². The highest BCUT2D eigenvalue weighted by Gasteiger charge is 2.09. The van der Waals surface area contributed by atoms with Gasteiger partial charge in [-0.25, -0.2) is 4.79 Å². The number of rotatable bonds is 5. The molecule has 1 aromatic heterocycles. The summed E-state index contributed by atoms with van der Waals surface area (Å²) >= 11 is 8.95. The number of carbonyl (C=O) groups excluding carboxylic acids is 2. The molecule has 0 fully saturated rings. The Morgan fingerprint density at radius 2 is 2.17 bits per heavy atom. The summed E-state index contributed by atoms with van der Waals surface area (Å²) in [6.45, 7) is -0.498. The number of carbonyl (C=O) groups is 2. The van der Waals surface area contributed by atoms with Gasteiger partial charge in [0.25, 0.3) is 5.91 Å². The first-order valence-corrected chi connectivity index (χ1v) is 7.74. The predicted octanol–water partition coefficient (Wildman–Crippen LogP) is 3.76. The summed E-state index contributed by atoms with van der Waals surface area (Å²) in [5, 5.41) is 11.8. The van der Waals surface area contributed by atoms with E-state index in [2.05, 4.69) is 21.2 Å². The molecule has 1 heterocycles. The second-order valence-electron chi connectivity index (χ2n) is 4.43. The van der Waals surface area contributed by atoms with Crippen molar-refractivity contribution in [3.63, 3.8) is 0 Å². The van der Waals surface area contributed by atoms with Crippen molar-refractivity contribution in [2.45, 2.75) is 0 Å². The van der Waals surface area contributed by atoms with Gasteiger partial charge in [-0.1, -0.05) is 11.6 Å². The molecule has 122 valence electrons. The Bertz CT molecular complexity index is 839. The first kappa shape index (κ1) is 17.8. The molecule has 0 aliphatic rings. The van der Waals surface area contributed by atoms with Crippen molar-refractivity contribution >= 4 is 51.2 Å². The van der Waals surface area contributed by atoms with Crippen molar-refractivity contribution < 1.29 is 18.7 Å². The summed E-state index contributed by atoms with van der Waals surface area (Å²) in [7, 11) is 0. The van der Waals surface area contributed by atoms with E-state index >= 15 is 0 Å². The van der Waals surface area contributed by atoms with Gasteiger partial charge in [0.15, 0.2) is 11.3 Å². The predicted molar refractivity (Wildman–Crippen MR) is 91.2 cm³/mol. The average Bonchev–Trinajstić information content (AvgIpc) is 2.97. The van der Waals surface area contributed by atoms with E-state index in [-0.39, 0.29) is 11.3 Å². The molecule has 24 heavy (non-hydrogen) atoms. The number of ether oxygens (including phenoxy) is 1. The Balaban J connectivity index is 1.87. The van der Waals surface area contributed by atoms with Crippen LogP contribution in [-0.4, -0.2) is 18.5 Å². The molecule has 0 bridgehead atoms. The maximum atomic E-state index is 11.8. The SMILES string of the molecule is N#Cc1ccc(Cl)cc1NC(=O)COC(=O)/C=C/c1ccc(Br)o1. The van der Waals surface area contributed by atoms with Crippen molar-refractivity contribution in [2.75, 3.05) is 11.9 Å². The second kappa shape index (κ2) is 8.34. The molecule has 6 nitrogen and oxygen atoms in total. The maximum Gasteiger partial charge on any atom is 0.331 e. The number of amides is 1. The van der Waals surface area contributed by atoms with Crippen molar-refractivity contribution in [2.24, 2.45) is 0 Å². The molecule has 8 heteroatoms. The lowest BCUT2D eigenvalue weighted by molar-refractivity contribution is -0.142. The van der Waals surface area contributed by atoms with E-state index in [1.807, 2.05) is 6.07 Å². The molecule has 0 aliphatic heterocycles. The number of anilines is 1. The van der Waals surface area contributed by atoms with Crippen LogP contribution < -0.4 is 5.32 Å². The number of nitrogens with one attached hydrogen (secondary N) is 1. The highest BCUT2D eigenvalue weighted by Crippen LogP contribution is 2.20. The van der Waals surface area contributed by atoms with E-state index in [4.69, 9.17) is 26.0 Å². The van der Waals surface area contributed by atoms with Crippen LogP contribution in [0.4, 0.5) is 5.69 Å². The Labute approximate surface area is 150 Å². The van der Waals surface area contributed by atoms with Crippen molar-refractivity contribution in [1.82, 2.24) is 0 Å². The fourth-order valence-electron chi connectivity index (χ4n) is 1.66. The normalized spacial score (nSPS) is 10.4. The monoisotopic (exact) mass is 408 g/mol. The molecule has 0 saturated carbocycles. The lowest BCUT2D eigenvalue weighted by Gasteiger charge is -2.07. The third-order valence-corrected chi connectivity index (χ3v) is 3.36. The largest absolute Gasteiger partial charge is 0.452 e. The van der Waals surface area contributed by atoms with E-state index in [1.54, 1.807) is 12.1 Å². The van der Waals surface area contributed by atoms with Crippen LogP contribution in [0, 0.1) is 11.3 Å². The van der Waals surface area contributed by atoms with Crippen LogP contribution >= 0.6 is 27.5 Å². The molecular weight excluding hydrogens is 400 g/mol. The maximum absolute atomic E-state index is 11.8. The van der Waals surface area contributed by atoms with Gasteiger partial charge in [0.1, 0.15) is 11.8 Å². The summed E-state index contributed by atoms with van der Waals surface area (Å²) < 4.78 is 10.5. The van der Waals surface area contributed by atoms with Crippen LogP contribution in [0.1, 0.15) is 11.3 Å². The van der Waals surface area contributed by atoms with E-state index in [0.29, 0.717) is 15.5 Å². The van der Waals surface area contributed by atoms with Gasteiger partial charge in [-0.05, 0) is 52.3 Å². The number of nitrogens with zero attached hydrogens (tertiary/aromatic N) is 1. The van der Waals surface area contributed by atoms with Gasteiger partial charge in [-0.15, -0.1) is 0 Å². The Morgan fingerprint density at radius 1 is 1.38 bits per heavy atom. The fraction of sp³-hybridized carbons (Fsp3) is 0.0625. The molecule has 2 aromatic rings. The first-order chi connectivity index (χ1) is 11.5. The first-order valence-electron chi connectivity index (χ1n) is 6.57. The topological polar surface area (TPSA) is 92.3 Å². The van der Waals surface area contributed by atoms with Gasteiger partial charge >= 0.3 is 5.97 Å². The number of benzene rings is 1. The van der Waals surface area contributed by atoms with Crippen LogP contribution in [0.3, 0.4) is 0 Å². The molecule has 0 radical (unpaired) electrons. The molecular formula is C16H10BrClN2O4. The molecule has 0 saturated heterocycles. The van der Waals surface area contributed by atoms with E-state index in [1.165, 1.54) is 24.3 Å². The molecule has 0 atom stereocenters. The number of halogens is 2. The summed E-state index contributed by atoms with van der Waals surface area (Å²) in [6.07, 6.45) is 2.55. The lowest BCUT2D eigenvalue weighted by Crippen LogP contribution is -2.20. The third-order valence-electron chi connectivity index (χ3n) is 2.70.